The molecule has 1 rings (SSSR count). The molecule has 0 aliphatic carbocycles. The molecule has 0 saturated carbocycles. The van der Waals surface area contributed by atoms with Crippen molar-refractivity contribution < 1.29 is 0 Å². The van der Waals surface area contributed by atoms with Crippen molar-refractivity contribution >= 4 is 34.2 Å². The first-order chi connectivity index (χ1) is 4.20. The van der Waals surface area contributed by atoms with Crippen LogP contribution in [0.2, 0.25) is 5.02 Å². The number of aromatic nitrogens is 1. The minimum Gasteiger partial charge on any atom is -0.259 e. The molecule has 0 aliphatic heterocycles. The predicted octanol–water partition coefficient (Wildman–Crippen LogP) is 2.65. The fourth-order valence-corrected chi connectivity index (χ4v) is 1.28. The standard InChI is InChI=1S/C6H5ClIN/c1-4-6(7)2-5(8)3-9-4/h2-3H,1H3. The highest BCUT2D eigenvalue weighted by molar-refractivity contribution is 14.1. The Kier molecular flexibility index (Phi) is 2.29. The van der Waals surface area contributed by atoms with E-state index in [2.05, 4.69) is 27.6 Å². The van der Waals surface area contributed by atoms with Gasteiger partial charge in [-0.15, -0.1) is 0 Å². The van der Waals surface area contributed by atoms with Gasteiger partial charge in [-0.3, -0.25) is 4.98 Å². The molecule has 9 heavy (non-hydrogen) atoms. The molecular formula is C6H5ClIN. The molecule has 0 atom stereocenters. The van der Waals surface area contributed by atoms with Crippen LogP contribution < -0.4 is 0 Å². The maximum atomic E-state index is 5.75. The molecule has 1 nitrogen and oxygen atoms in total. The summed E-state index contributed by atoms with van der Waals surface area (Å²) in [5.41, 5.74) is 0.886. The normalized spacial score (nSPS) is 9.67. The summed E-state index contributed by atoms with van der Waals surface area (Å²) in [5.74, 6) is 0. The molecule has 1 heterocycles. The summed E-state index contributed by atoms with van der Waals surface area (Å²) >= 11 is 7.92. The van der Waals surface area contributed by atoms with Crippen molar-refractivity contribution in [1.82, 2.24) is 4.98 Å². The van der Waals surface area contributed by atoms with E-state index in [-0.39, 0.29) is 0 Å². The van der Waals surface area contributed by atoms with Gasteiger partial charge >= 0.3 is 0 Å². The smallest absolute Gasteiger partial charge is 0.0629 e. The highest BCUT2D eigenvalue weighted by Gasteiger charge is 1.94. The molecule has 0 aliphatic rings. The third-order valence-electron chi connectivity index (χ3n) is 0.992. The first kappa shape index (κ1) is 7.28. The van der Waals surface area contributed by atoms with Crippen LogP contribution in [0.3, 0.4) is 0 Å². The molecular weight excluding hydrogens is 248 g/mol. The highest BCUT2D eigenvalue weighted by atomic mass is 127. The Morgan fingerprint density at radius 2 is 2.33 bits per heavy atom. The SMILES string of the molecule is Cc1ncc(I)cc1Cl. The van der Waals surface area contributed by atoms with E-state index in [0.29, 0.717) is 0 Å². The molecule has 1 aromatic heterocycles. The Morgan fingerprint density at radius 1 is 1.67 bits per heavy atom. The van der Waals surface area contributed by atoms with Gasteiger partial charge in [-0.25, -0.2) is 0 Å². The van der Waals surface area contributed by atoms with Crippen LogP contribution in [0, 0.1) is 10.5 Å². The van der Waals surface area contributed by atoms with E-state index < -0.39 is 0 Å². The maximum Gasteiger partial charge on any atom is 0.0629 e. The van der Waals surface area contributed by atoms with Crippen molar-refractivity contribution in [2.45, 2.75) is 6.92 Å². The molecule has 0 amide bonds. The monoisotopic (exact) mass is 253 g/mol. The van der Waals surface area contributed by atoms with Gasteiger partial charge < -0.3 is 0 Å². The van der Waals surface area contributed by atoms with Crippen molar-refractivity contribution in [3.05, 3.63) is 26.5 Å². The highest BCUT2D eigenvalue weighted by Crippen LogP contribution is 2.14. The summed E-state index contributed by atoms with van der Waals surface area (Å²) < 4.78 is 1.07. The van der Waals surface area contributed by atoms with E-state index in [1.54, 1.807) is 6.20 Å². The number of pyridine rings is 1. The van der Waals surface area contributed by atoms with Crippen molar-refractivity contribution in [3.8, 4) is 0 Å². The van der Waals surface area contributed by atoms with Crippen LogP contribution in [-0.2, 0) is 0 Å². The van der Waals surface area contributed by atoms with Crippen LogP contribution in [0.4, 0.5) is 0 Å². The first-order valence-corrected chi connectivity index (χ1v) is 3.93. The van der Waals surface area contributed by atoms with Crippen LogP contribution in [0.25, 0.3) is 0 Å². The predicted molar refractivity (Wildman–Crippen MR) is 46.7 cm³/mol. The minimum atomic E-state index is 0.738. The molecule has 3 heteroatoms. The Morgan fingerprint density at radius 3 is 2.78 bits per heavy atom. The first-order valence-electron chi connectivity index (χ1n) is 2.48. The third kappa shape index (κ3) is 1.79. The van der Waals surface area contributed by atoms with E-state index in [1.165, 1.54) is 0 Å². The quantitative estimate of drug-likeness (QED) is 0.648. The van der Waals surface area contributed by atoms with Crippen molar-refractivity contribution in [1.29, 1.82) is 0 Å². The number of halogens is 2. The molecule has 48 valence electrons. The lowest BCUT2D eigenvalue weighted by atomic mass is 10.4. The Balaban J connectivity index is 3.17. The Hall–Kier alpha value is 0.170. The van der Waals surface area contributed by atoms with Crippen LogP contribution in [0.1, 0.15) is 5.69 Å². The summed E-state index contributed by atoms with van der Waals surface area (Å²) in [6, 6.07) is 1.89. The zero-order valence-electron chi connectivity index (χ0n) is 4.86. The maximum absolute atomic E-state index is 5.75. The van der Waals surface area contributed by atoms with Crippen molar-refractivity contribution in [3.63, 3.8) is 0 Å². The van der Waals surface area contributed by atoms with E-state index in [1.807, 2.05) is 13.0 Å². The molecule has 1 aromatic rings. The van der Waals surface area contributed by atoms with E-state index in [0.717, 1.165) is 14.3 Å². The fraction of sp³-hybridized carbons (Fsp3) is 0.167. The lowest BCUT2D eigenvalue weighted by Crippen LogP contribution is -1.81. The molecule has 0 aromatic carbocycles. The van der Waals surface area contributed by atoms with Gasteiger partial charge in [0.1, 0.15) is 0 Å². The average molecular weight is 253 g/mol. The minimum absolute atomic E-state index is 0.738. The van der Waals surface area contributed by atoms with Crippen LogP contribution in [0.5, 0.6) is 0 Å². The van der Waals surface area contributed by atoms with Crippen LogP contribution in [-0.4, -0.2) is 4.98 Å². The third-order valence-corrected chi connectivity index (χ3v) is 1.96. The van der Waals surface area contributed by atoms with Crippen molar-refractivity contribution in [2.24, 2.45) is 0 Å². The lowest BCUT2D eigenvalue weighted by molar-refractivity contribution is 1.19. The summed E-state index contributed by atoms with van der Waals surface area (Å²) in [6.07, 6.45) is 1.79. The number of nitrogens with zero attached hydrogens (tertiary/aromatic N) is 1. The van der Waals surface area contributed by atoms with Crippen LogP contribution >= 0.6 is 34.2 Å². The van der Waals surface area contributed by atoms with E-state index >= 15 is 0 Å². The number of aryl methyl sites for hydroxylation is 1. The van der Waals surface area contributed by atoms with Crippen molar-refractivity contribution in [2.75, 3.05) is 0 Å². The Labute approximate surface area is 72.6 Å². The molecule has 0 saturated heterocycles. The van der Waals surface area contributed by atoms with E-state index in [4.69, 9.17) is 11.6 Å². The zero-order chi connectivity index (χ0) is 6.85. The molecule has 0 unspecified atom stereocenters. The molecule has 0 N–H and O–H groups in total. The second kappa shape index (κ2) is 2.84. The van der Waals surface area contributed by atoms with Gasteiger partial charge in [0.15, 0.2) is 0 Å². The summed E-state index contributed by atoms with van der Waals surface area (Å²) in [4.78, 5) is 4.04. The topological polar surface area (TPSA) is 12.9 Å². The van der Waals surface area contributed by atoms with Gasteiger partial charge in [0.25, 0.3) is 0 Å². The zero-order valence-corrected chi connectivity index (χ0v) is 7.77. The largest absolute Gasteiger partial charge is 0.259 e. The fourth-order valence-electron chi connectivity index (χ4n) is 0.483. The van der Waals surface area contributed by atoms with E-state index in [9.17, 15) is 0 Å². The molecule has 0 radical (unpaired) electrons. The van der Waals surface area contributed by atoms with Crippen LogP contribution in [0.15, 0.2) is 12.3 Å². The summed E-state index contributed by atoms with van der Waals surface area (Å²) in [7, 11) is 0. The lowest BCUT2D eigenvalue weighted by Gasteiger charge is -1.94. The summed E-state index contributed by atoms with van der Waals surface area (Å²) in [5, 5.41) is 0.738. The molecule has 0 spiro atoms. The average Bonchev–Trinajstić information content (AvgIpc) is 1.80. The Bertz CT molecular complexity index is 224. The van der Waals surface area contributed by atoms with Gasteiger partial charge in [0.2, 0.25) is 0 Å². The van der Waals surface area contributed by atoms with Gasteiger partial charge in [0.05, 0.1) is 10.7 Å². The second-order valence-corrected chi connectivity index (χ2v) is 3.37. The molecule has 0 fully saturated rings. The van der Waals surface area contributed by atoms with Gasteiger partial charge in [-0.1, -0.05) is 11.6 Å². The second-order valence-electron chi connectivity index (χ2n) is 1.72. The van der Waals surface area contributed by atoms with Gasteiger partial charge in [0, 0.05) is 9.77 Å². The molecule has 0 bridgehead atoms. The summed E-state index contributed by atoms with van der Waals surface area (Å²) in [6.45, 7) is 1.89. The number of rotatable bonds is 0. The number of hydrogen-bond acceptors (Lipinski definition) is 1. The number of hydrogen-bond donors (Lipinski definition) is 0. The van der Waals surface area contributed by atoms with Gasteiger partial charge in [-0.05, 0) is 35.6 Å². The van der Waals surface area contributed by atoms with Gasteiger partial charge in [-0.2, -0.15) is 0 Å².